The third-order valence-corrected chi connectivity index (χ3v) is 6.90. The minimum absolute atomic E-state index is 0.0619. The molecule has 0 atom stereocenters. The van der Waals surface area contributed by atoms with Crippen LogP contribution in [0.5, 0.6) is 0 Å². The minimum Gasteiger partial charge on any atom is -0.365 e. The van der Waals surface area contributed by atoms with Crippen LogP contribution in [0.1, 0.15) is 38.3 Å². The largest absolute Gasteiger partial charge is 0.416 e. The molecule has 2 aromatic rings. The predicted molar refractivity (Wildman–Crippen MR) is 119 cm³/mol. The van der Waals surface area contributed by atoms with Crippen LogP contribution in [-0.2, 0) is 22.2 Å². The van der Waals surface area contributed by atoms with Crippen molar-refractivity contribution in [2.75, 3.05) is 5.32 Å². The fraction of sp³-hybridized carbons (Fsp3) is 0.318. The summed E-state index contributed by atoms with van der Waals surface area (Å²) in [6.07, 6.45) is -9.88. The van der Waals surface area contributed by atoms with Crippen LogP contribution < -0.4 is 10.6 Å². The van der Waals surface area contributed by atoms with Crippen LogP contribution in [0.3, 0.4) is 0 Å². The summed E-state index contributed by atoms with van der Waals surface area (Å²) in [5.74, 6) is -0.582. The molecule has 5 nitrogen and oxygen atoms in total. The number of benzene rings is 2. The van der Waals surface area contributed by atoms with Gasteiger partial charge >= 0.3 is 12.4 Å². The van der Waals surface area contributed by atoms with Crippen LogP contribution in [0.4, 0.5) is 32.0 Å². The van der Waals surface area contributed by atoms with E-state index in [-0.39, 0.29) is 16.0 Å². The van der Waals surface area contributed by atoms with Crippen molar-refractivity contribution in [2.24, 2.45) is 0 Å². The lowest BCUT2D eigenvalue weighted by Crippen LogP contribution is -2.41. The number of allylic oxidation sites excluding steroid dienone is 1. The van der Waals surface area contributed by atoms with Gasteiger partial charge < -0.3 is 10.6 Å². The van der Waals surface area contributed by atoms with E-state index in [2.05, 4.69) is 10.6 Å². The molecule has 2 N–H and O–H groups in total. The van der Waals surface area contributed by atoms with Gasteiger partial charge in [0.05, 0.1) is 16.0 Å². The molecule has 0 fully saturated rings. The van der Waals surface area contributed by atoms with E-state index in [9.17, 15) is 40.0 Å². The number of hydrogen-bond acceptors (Lipinski definition) is 5. The summed E-state index contributed by atoms with van der Waals surface area (Å²) in [6, 6.07) is 6.95. The van der Waals surface area contributed by atoms with Crippen LogP contribution in [0, 0.1) is 11.3 Å². The fourth-order valence-electron chi connectivity index (χ4n) is 2.72. The van der Waals surface area contributed by atoms with Gasteiger partial charge in [-0.05, 0) is 62.7 Å². The van der Waals surface area contributed by atoms with Crippen LogP contribution in [-0.4, -0.2) is 14.0 Å². The molecule has 0 amide bonds. The first-order valence-corrected chi connectivity index (χ1v) is 11.8. The molecule has 0 saturated heterocycles. The second-order valence-corrected chi connectivity index (χ2v) is 10.4. The van der Waals surface area contributed by atoms with Gasteiger partial charge in [-0.2, -0.15) is 31.6 Å². The highest BCUT2D eigenvalue weighted by Gasteiger charge is 2.37. The molecular weight excluding hydrogens is 520 g/mol. The van der Waals surface area contributed by atoms with Gasteiger partial charge in [-0.25, -0.2) is 8.42 Å². The number of nitriles is 1. The molecule has 0 radical (unpaired) electrons. The third-order valence-electron chi connectivity index (χ3n) is 4.93. The monoisotopic (exact) mass is 539 g/mol. The summed E-state index contributed by atoms with van der Waals surface area (Å²) in [4.78, 5) is -1.29. The summed E-state index contributed by atoms with van der Waals surface area (Å²) in [7, 11) is -4.55. The lowest BCUT2D eigenvalue weighted by Gasteiger charge is -2.29. The maximum Gasteiger partial charge on any atom is 0.416 e. The summed E-state index contributed by atoms with van der Waals surface area (Å²) in [5, 5.41) is 14.9. The van der Waals surface area contributed by atoms with Gasteiger partial charge in [-0.1, -0.05) is 18.5 Å². The van der Waals surface area contributed by atoms with Crippen LogP contribution in [0.15, 0.2) is 58.1 Å². The highest BCUT2D eigenvalue weighted by molar-refractivity contribution is 7.95. The van der Waals surface area contributed by atoms with E-state index in [4.69, 9.17) is 11.6 Å². The van der Waals surface area contributed by atoms with Gasteiger partial charge in [0.2, 0.25) is 9.84 Å². The minimum atomic E-state index is -5.12. The first kappa shape index (κ1) is 28.3. The van der Waals surface area contributed by atoms with Gasteiger partial charge in [-0.15, -0.1) is 0 Å². The second kappa shape index (κ2) is 9.99. The van der Waals surface area contributed by atoms with Crippen molar-refractivity contribution in [2.45, 2.75) is 50.0 Å². The Bertz CT molecular complexity index is 1230. The quantitative estimate of drug-likeness (QED) is 0.301. The summed E-state index contributed by atoms with van der Waals surface area (Å²) < 4.78 is 106. The topological polar surface area (TPSA) is 82.0 Å². The van der Waals surface area contributed by atoms with Gasteiger partial charge in [0, 0.05) is 16.2 Å². The van der Waals surface area contributed by atoms with E-state index in [1.165, 1.54) is 18.2 Å². The van der Waals surface area contributed by atoms with Gasteiger partial charge in [-0.3, -0.25) is 0 Å². The number of sulfone groups is 1. The van der Waals surface area contributed by atoms with Crippen molar-refractivity contribution in [1.29, 1.82) is 5.26 Å². The average molecular weight is 540 g/mol. The molecule has 0 spiro atoms. The predicted octanol–water partition coefficient (Wildman–Crippen LogP) is 6.73. The van der Waals surface area contributed by atoms with E-state index in [0.29, 0.717) is 18.6 Å². The molecule has 0 aliphatic carbocycles. The zero-order valence-electron chi connectivity index (χ0n) is 18.6. The molecule has 0 saturated carbocycles. The molecule has 0 aromatic heterocycles. The number of hydrogen-bond donors (Lipinski definition) is 2. The fourth-order valence-corrected chi connectivity index (χ4v) is 4.07. The lowest BCUT2D eigenvalue weighted by molar-refractivity contribution is -0.143. The molecule has 0 aliphatic rings. The maximum atomic E-state index is 13.3. The molecule has 2 aromatic carbocycles. The van der Waals surface area contributed by atoms with Crippen LogP contribution in [0.2, 0.25) is 5.02 Å². The Hall–Kier alpha value is -2.91. The molecule has 0 unspecified atom stereocenters. The molecule has 0 bridgehead atoms. The normalized spacial score (nSPS) is 13.6. The highest BCUT2D eigenvalue weighted by Crippen LogP contribution is 2.38. The van der Waals surface area contributed by atoms with Gasteiger partial charge in [0.1, 0.15) is 11.9 Å². The standard InChI is InChI=1S/C22H20ClF6N3O2S/c1-4-20(2,3)32-19(18(12-30)35(33,34)17-7-5-15(23)6-8-17)31-16-10-13(21(24,25)26)9-14(11-16)22(27,28)29/h5-11,31-32H,4H2,1-3H3. The Morgan fingerprint density at radius 2 is 1.46 bits per heavy atom. The highest BCUT2D eigenvalue weighted by atomic mass is 35.5. The van der Waals surface area contributed by atoms with E-state index in [1.807, 2.05) is 0 Å². The molecule has 0 heterocycles. The van der Waals surface area contributed by atoms with E-state index >= 15 is 0 Å². The third kappa shape index (κ3) is 7.05. The zero-order valence-corrected chi connectivity index (χ0v) is 20.1. The number of nitrogens with zero attached hydrogens (tertiary/aromatic N) is 1. The molecular formula is C22H20ClF6N3O2S. The van der Waals surface area contributed by atoms with Crippen molar-refractivity contribution in [1.82, 2.24) is 5.32 Å². The van der Waals surface area contributed by atoms with Crippen molar-refractivity contribution >= 4 is 27.1 Å². The van der Waals surface area contributed by atoms with Crippen molar-refractivity contribution in [3.05, 3.63) is 69.3 Å². The Kier molecular flexibility index (Phi) is 8.08. The summed E-state index contributed by atoms with van der Waals surface area (Å²) >= 11 is 5.77. The molecule has 35 heavy (non-hydrogen) atoms. The van der Waals surface area contributed by atoms with E-state index < -0.39 is 55.3 Å². The summed E-state index contributed by atoms with van der Waals surface area (Å²) in [6.45, 7) is 4.91. The zero-order chi connectivity index (χ0) is 26.8. The Morgan fingerprint density at radius 1 is 0.971 bits per heavy atom. The van der Waals surface area contributed by atoms with Gasteiger partial charge in [0.25, 0.3) is 0 Å². The smallest absolute Gasteiger partial charge is 0.365 e. The number of anilines is 1. The number of halogens is 7. The first-order valence-electron chi connectivity index (χ1n) is 9.90. The first-order chi connectivity index (χ1) is 15.9. The SMILES string of the molecule is CCC(C)(C)NC(Nc1cc(C(F)(F)F)cc(C(F)(F)F)c1)=C(C#N)S(=O)(=O)c1ccc(Cl)cc1. The second-order valence-electron chi connectivity index (χ2n) is 8.06. The number of rotatable bonds is 7. The molecule has 13 heteroatoms. The molecule has 0 aliphatic heterocycles. The lowest BCUT2D eigenvalue weighted by atomic mass is 10.0. The van der Waals surface area contributed by atoms with Crippen molar-refractivity contribution < 1.29 is 34.8 Å². The Balaban J connectivity index is 2.78. The Morgan fingerprint density at radius 3 is 1.86 bits per heavy atom. The van der Waals surface area contributed by atoms with Crippen LogP contribution >= 0.6 is 11.6 Å². The van der Waals surface area contributed by atoms with Crippen molar-refractivity contribution in [3.8, 4) is 6.07 Å². The molecule has 2 rings (SSSR count). The number of alkyl halides is 6. The summed E-state index contributed by atoms with van der Waals surface area (Å²) in [5.41, 5.74) is -4.85. The maximum absolute atomic E-state index is 13.3. The molecule has 190 valence electrons. The number of nitrogens with one attached hydrogen (secondary N) is 2. The van der Waals surface area contributed by atoms with Gasteiger partial charge in [0.15, 0.2) is 4.91 Å². The Labute approximate surface area is 203 Å². The van der Waals surface area contributed by atoms with Crippen molar-refractivity contribution in [3.63, 3.8) is 0 Å². The van der Waals surface area contributed by atoms with Crippen LogP contribution in [0.25, 0.3) is 0 Å². The van der Waals surface area contributed by atoms with E-state index in [1.54, 1.807) is 20.8 Å². The van der Waals surface area contributed by atoms with E-state index in [0.717, 1.165) is 12.1 Å². The average Bonchev–Trinajstić information content (AvgIpc) is 2.72.